The van der Waals surface area contributed by atoms with Gasteiger partial charge in [-0.15, -0.1) is 0 Å². The molecule has 2 aromatic rings. The van der Waals surface area contributed by atoms with E-state index >= 15 is 0 Å². The average Bonchev–Trinajstić information content (AvgIpc) is 3.11. The van der Waals surface area contributed by atoms with Crippen LogP contribution in [0.2, 0.25) is 5.02 Å². The van der Waals surface area contributed by atoms with Gasteiger partial charge in [0.1, 0.15) is 0 Å². The highest BCUT2D eigenvalue weighted by Crippen LogP contribution is 2.19. The molecule has 4 nitrogen and oxygen atoms in total. The van der Waals surface area contributed by atoms with E-state index in [9.17, 15) is 0 Å². The minimum Gasteiger partial charge on any atom is -0.360 e. The Kier molecular flexibility index (Phi) is 3.89. The van der Waals surface area contributed by atoms with Crippen LogP contribution in [-0.2, 0) is 6.54 Å². The van der Waals surface area contributed by atoms with E-state index in [1.807, 2.05) is 16.8 Å². The molecule has 0 saturated heterocycles. The molecule has 0 unspecified atom stereocenters. The number of hydrogen-bond donors (Lipinski definition) is 2. The molecule has 20 heavy (non-hydrogen) atoms. The van der Waals surface area contributed by atoms with Crippen LogP contribution in [0.4, 0.5) is 5.69 Å². The summed E-state index contributed by atoms with van der Waals surface area (Å²) in [5.41, 5.74) is 2.13. The van der Waals surface area contributed by atoms with Gasteiger partial charge in [-0.2, -0.15) is 5.10 Å². The van der Waals surface area contributed by atoms with E-state index in [-0.39, 0.29) is 0 Å². The summed E-state index contributed by atoms with van der Waals surface area (Å²) in [6, 6.07) is 8.68. The third-order valence-corrected chi connectivity index (χ3v) is 3.46. The van der Waals surface area contributed by atoms with Gasteiger partial charge in [-0.25, -0.2) is 0 Å². The van der Waals surface area contributed by atoms with Crippen LogP contribution in [0.1, 0.15) is 18.4 Å². The predicted octanol–water partition coefficient (Wildman–Crippen LogP) is 3.03. The zero-order valence-electron chi connectivity index (χ0n) is 10.8. The highest BCUT2D eigenvalue weighted by molar-refractivity contribution is 7.80. The zero-order valence-corrected chi connectivity index (χ0v) is 12.4. The van der Waals surface area contributed by atoms with E-state index in [0.717, 1.165) is 11.3 Å². The van der Waals surface area contributed by atoms with Crippen molar-refractivity contribution < 1.29 is 0 Å². The first-order chi connectivity index (χ1) is 9.69. The predicted molar refractivity (Wildman–Crippen MR) is 85.2 cm³/mol. The number of rotatable bonds is 4. The fourth-order valence-corrected chi connectivity index (χ4v) is 2.38. The van der Waals surface area contributed by atoms with Gasteiger partial charge in [-0.1, -0.05) is 23.7 Å². The molecular formula is C14H15ClN4S. The lowest BCUT2D eigenvalue weighted by atomic mass is 10.2. The second kappa shape index (κ2) is 5.81. The number of benzene rings is 1. The Morgan fingerprint density at radius 3 is 3.00 bits per heavy atom. The Morgan fingerprint density at radius 2 is 2.30 bits per heavy atom. The molecule has 1 aromatic heterocycles. The fourth-order valence-electron chi connectivity index (χ4n) is 1.94. The minimum atomic E-state index is 0.560. The van der Waals surface area contributed by atoms with Crippen molar-refractivity contribution in [3.8, 4) is 0 Å². The quantitative estimate of drug-likeness (QED) is 0.852. The molecule has 2 N–H and O–H groups in total. The van der Waals surface area contributed by atoms with Gasteiger partial charge in [0.2, 0.25) is 0 Å². The lowest BCUT2D eigenvalue weighted by Crippen LogP contribution is -2.30. The fraction of sp³-hybridized carbons (Fsp3) is 0.286. The van der Waals surface area contributed by atoms with E-state index in [1.165, 1.54) is 12.8 Å². The number of nitrogens with zero attached hydrogens (tertiary/aromatic N) is 2. The van der Waals surface area contributed by atoms with Crippen LogP contribution in [0, 0.1) is 0 Å². The molecule has 104 valence electrons. The van der Waals surface area contributed by atoms with Crippen LogP contribution in [0.25, 0.3) is 0 Å². The summed E-state index contributed by atoms with van der Waals surface area (Å²) < 4.78 is 1.81. The van der Waals surface area contributed by atoms with Crippen LogP contribution in [0.5, 0.6) is 0 Å². The lowest BCUT2D eigenvalue weighted by molar-refractivity contribution is 0.687. The SMILES string of the molecule is S=C(Nc1cccc(Cn2cc(Cl)cn2)c1)NC1CC1. The normalized spacial score (nSPS) is 14.1. The third-order valence-electron chi connectivity index (χ3n) is 3.04. The van der Waals surface area contributed by atoms with E-state index < -0.39 is 0 Å². The molecule has 0 aliphatic heterocycles. The summed E-state index contributed by atoms with van der Waals surface area (Å²) >= 11 is 11.1. The number of nitrogens with one attached hydrogen (secondary N) is 2. The van der Waals surface area contributed by atoms with E-state index in [0.29, 0.717) is 22.7 Å². The van der Waals surface area contributed by atoms with Crippen LogP contribution in [0.3, 0.4) is 0 Å². The molecule has 1 saturated carbocycles. The Labute approximate surface area is 128 Å². The van der Waals surface area contributed by atoms with Gasteiger partial charge in [-0.3, -0.25) is 4.68 Å². The van der Waals surface area contributed by atoms with Crippen molar-refractivity contribution in [2.45, 2.75) is 25.4 Å². The van der Waals surface area contributed by atoms with Crippen molar-refractivity contribution in [1.82, 2.24) is 15.1 Å². The molecule has 0 spiro atoms. The first-order valence-electron chi connectivity index (χ1n) is 6.53. The second-order valence-corrected chi connectivity index (χ2v) is 5.77. The van der Waals surface area contributed by atoms with Crippen molar-refractivity contribution in [1.29, 1.82) is 0 Å². The van der Waals surface area contributed by atoms with Gasteiger partial charge < -0.3 is 10.6 Å². The maximum Gasteiger partial charge on any atom is 0.170 e. The Bertz CT molecular complexity index is 621. The Morgan fingerprint density at radius 1 is 1.45 bits per heavy atom. The minimum absolute atomic E-state index is 0.560. The topological polar surface area (TPSA) is 41.9 Å². The molecule has 1 fully saturated rings. The van der Waals surface area contributed by atoms with Crippen molar-refractivity contribution in [3.63, 3.8) is 0 Å². The smallest absolute Gasteiger partial charge is 0.170 e. The molecule has 1 aliphatic carbocycles. The number of thiocarbonyl (C=S) groups is 1. The van der Waals surface area contributed by atoms with Gasteiger partial charge in [0, 0.05) is 17.9 Å². The van der Waals surface area contributed by atoms with Crippen molar-refractivity contribution >= 4 is 34.6 Å². The summed E-state index contributed by atoms with van der Waals surface area (Å²) in [6.45, 7) is 0.686. The first kappa shape index (κ1) is 13.4. The first-order valence-corrected chi connectivity index (χ1v) is 7.32. The monoisotopic (exact) mass is 306 g/mol. The molecular weight excluding hydrogens is 292 g/mol. The van der Waals surface area contributed by atoms with Crippen LogP contribution in [0.15, 0.2) is 36.7 Å². The van der Waals surface area contributed by atoms with E-state index in [1.54, 1.807) is 12.4 Å². The zero-order chi connectivity index (χ0) is 13.9. The third kappa shape index (κ3) is 3.71. The van der Waals surface area contributed by atoms with Crippen molar-refractivity contribution in [2.24, 2.45) is 0 Å². The highest BCUT2D eigenvalue weighted by atomic mass is 35.5. The van der Waals surface area contributed by atoms with Crippen LogP contribution >= 0.6 is 23.8 Å². The maximum absolute atomic E-state index is 5.86. The average molecular weight is 307 g/mol. The lowest BCUT2D eigenvalue weighted by Gasteiger charge is -2.11. The van der Waals surface area contributed by atoms with E-state index in [4.69, 9.17) is 23.8 Å². The number of aromatic nitrogens is 2. The summed E-state index contributed by atoms with van der Waals surface area (Å²) in [6.07, 6.45) is 5.86. The Hall–Kier alpha value is -1.59. The summed E-state index contributed by atoms with van der Waals surface area (Å²) in [5.74, 6) is 0. The van der Waals surface area contributed by atoms with Gasteiger partial charge in [0.25, 0.3) is 0 Å². The number of hydrogen-bond acceptors (Lipinski definition) is 2. The van der Waals surface area contributed by atoms with Gasteiger partial charge in [0.15, 0.2) is 5.11 Å². The molecule has 6 heteroatoms. The summed E-state index contributed by atoms with van der Waals surface area (Å²) in [7, 11) is 0. The van der Waals surface area contributed by atoms with Crippen molar-refractivity contribution in [3.05, 3.63) is 47.2 Å². The van der Waals surface area contributed by atoms with Gasteiger partial charge in [-0.05, 0) is 42.8 Å². The Balaban J connectivity index is 1.64. The second-order valence-electron chi connectivity index (χ2n) is 4.93. The van der Waals surface area contributed by atoms with Gasteiger partial charge in [0.05, 0.1) is 17.8 Å². The molecule has 3 rings (SSSR count). The van der Waals surface area contributed by atoms with E-state index in [2.05, 4.69) is 27.9 Å². The summed E-state index contributed by atoms with van der Waals surface area (Å²) in [5, 5.41) is 12.0. The molecule has 1 heterocycles. The molecule has 0 amide bonds. The van der Waals surface area contributed by atoms with Gasteiger partial charge >= 0.3 is 0 Å². The van der Waals surface area contributed by atoms with Crippen LogP contribution < -0.4 is 10.6 Å². The molecule has 0 bridgehead atoms. The van der Waals surface area contributed by atoms with Crippen LogP contribution in [-0.4, -0.2) is 20.9 Å². The molecule has 0 radical (unpaired) electrons. The standard InChI is InChI=1S/C14H15ClN4S/c15-11-7-16-19(9-11)8-10-2-1-3-13(6-10)18-14(20)17-12-4-5-12/h1-3,6-7,9,12H,4-5,8H2,(H2,17,18,20). The molecule has 0 atom stereocenters. The number of halogens is 1. The summed E-state index contributed by atoms with van der Waals surface area (Å²) in [4.78, 5) is 0. The van der Waals surface area contributed by atoms with Crippen molar-refractivity contribution in [2.75, 3.05) is 5.32 Å². The molecule has 1 aliphatic rings. The maximum atomic E-state index is 5.86. The largest absolute Gasteiger partial charge is 0.360 e. The highest BCUT2D eigenvalue weighted by Gasteiger charge is 2.21. The number of anilines is 1. The molecule has 1 aromatic carbocycles.